The second-order valence-electron chi connectivity index (χ2n) is 7.11. The van der Waals surface area contributed by atoms with E-state index in [4.69, 9.17) is 9.15 Å². The highest BCUT2D eigenvalue weighted by Gasteiger charge is 2.16. The van der Waals surface area contributed by atoms with E-state index in [1.807, 2.05) is 13.0 Å². The Kier molecular flexibility index (Phi) is 5.49. The summed E-state index contributed by atoms with van der Waals surface area (Å²) in [6, 6.07) is 14.7. The van der Waals surface area contributed by atoms with Gasteiger partial charge in [0.05, 0.1) is 5.39 Å². The molecule has 2 aromatic carbocycles. The molecule has 2 heterocycles. The molecular formula is C24H19FN2O4. The summed E-state index contributed by atoms with van der Waals surface area (Å²) in [7, 11) is 0. The molecule has 2 aromatic heterocycles. The number of amides is 1. The van der Waals surface area contributed by atoms with E-state index in [2.05, 4.69) is 10.3 Å². The van der Waals surface area contributed by atoms with Gasteiger partial charge >= 0.3 is 0 Å². The maximum absolute atomic E-state index is 13.4. The van der Waals surface area contributed by atoms with E-state index in [-0.39, 0.29) is 11.3 Å². The number of nitrogens with zero attached hydrogens (tertiary/aromatic N) is 1. The molecule has 31 heavy (non-hydrogen) atoms. The normalized spacial score (nSPS) is 11.8. The molecule has 1 atom stereocenters. The van der Waals surface area contributed by atoms with Gasteiger partial charge in [0.15, 0.2) is 12.0 Å². The Morgan fingerprint density at radius 2 is 1.94 bits per heavy atom. The molecule has 0 radical (unpaired) electrons. The van der Waals surface area contributed by atoms with E-state index in [1.165, 1.54) is 13.0 Å². The number of rotatable bonds is 6. The third kappa shape index (κ3) is 4.45. The maximum Gasteiger partial charge on any atom is 0.257 e. The number of ether oxygens (including phenoxy) is 1. The number of hydrogen-bond donors (Lipinski definition) is 1. The Balaban J connectivity index is 1.69. The fourth-order valence-electron chi connectivity index (χ4n) is 3.06. The number of aromatic nitrogens is 1. The number of hydrogen-bond acceptors (Lipinski definition) is 5. The summed E-state index contributed by atoms with van der Waals surface area (Å²) in [5.41, 5.74) is 2.10. The van der Waals surface area contributed by atoms with E-state index in [0.717, 1.165) is 5.56 Å². The van der Waals surface area contributed by atoms with Crippen LogP contribution in [-0.4, -0.2) is 17.2 Å². The molecule has 156 valence electrons. The zero-order chi connectivity index (χ0) is 22.0. The number of anilines is 1. The Hall–Kier alpha value is -4.00. The molecule has 7 heteroatoms. The molecule has 6 nitrogen and oxygen atoms in total. The number of carbonyl (C=O) groups excluding carboxylic acids is 2. The predicted molar refractivity (Wildman–Crippen MR) is 115 cm³/mol. The molecule has 1 N–H and O–H groups in total. The van der Waals surface area contributed by atoms with Crippen LogP contribution in [0, 0.1) is 6.92 Å². The smallest absolute Gasteiger partial charge is 0.257 e. The zero-order valence-corrected chi connectivity index (χ0v) is 16.9. The van der Waals surface area contributed by atoms with Crippen LogP contribution in [0.1, 0.15) is 45.1 Å². The van der Waals surface area contributed by atoms with Crippen LogP contribution in [0.25, 0.3) is 11.0 Å². The van der Waals surface area contributed by atoms with Crippen molar-refractivity contribution in [2.45, 2.75) is 20.0 Å². The van der Waals surface area contributed by atoms with Crippen LogP contribution in [0.2, 0.25) is 0 Å². The molecule has 4 rings (SSSR count). The third-order valence-electron chi connectivity index (χ3n) is 4.72. The number of aldehydes is 1. The Bertz CT molecular complexity index is 1250. The molecule has 0 aliphatic rings. The lowest BCUT2D eigenvalue weighted by atomic mass is 10.1. The molecule has 0 saturated carbocycles. The maximum atomic E-state index is 13.4. The molecule has 4 aromatic rings. The van der Waals surface area contributed by atoms with Crippen molar-refractivity contribution in [1.82, 2.24) is 4.98 Å². The summed E-state index contributed by atoms with van der Waals surface area (Å²) in [4.78, 5) is 28.1. The molecule has 0 aliphatic carbocycles. The van der Waals surface area contributed by atoms with Gasteiger partial charge in [-0.2, -0.15) is 0 Å². The molecule has 0 saturated heterocycles. The summed E-state index contributed by atoms with van der Waals surface area (Å²) in [6.45, 7) is 3.36. The average molecular weight is 418 g/mol. The number of pyridine rings is 1. The van der Waals surface area contributed by atoms with E-state index in [0.29, 0.717) is 40.1 Å². The zero-order valence-electron chi connectivity index (χ0n) is 16.9. The van der Waals surface area contributed by atoms with Crippen molar-refractivity contribution in [3.63, 3.8) is 0 Å². The van der Waals surface area contributed by atoms with Crippen molar-refractivity contribution >= 4 is 29.0 Å². The summed E-state index contributed by atoms with van der Waals surface area (Å²) in [5, 5.41) is 3.26. The molecule has 1 amide bonds. The van der Waals surface area contributed by atoms with Crippen molar-refractivity contribution in [2.75, 3.05) is 5.32 Å². The van der Waals surface area contributed by atoms with Crippen LogP contribution in [-0.2, 0) is 0 Å². The fourth-order valence-corrected chi connectivity index (χ4v) is 3.06. The van der Waals surface area contributed by atoms with Gasteiger partial charge in [0.2, 0.25) is 0 Å². The van der Waals surface area contributed by atoms with Crippen molar-refractivity contribution < 1.29 is 23.1 Å². The van der Waals surface area contributed by atoms with Gasteiger partial charge in [-0.25, -0.2) is 9.37 Å². The van der Waals surface area contributed by atoms with Gasteiger partial charge in [0.1, 0.15) is 29.1 Å². The molecule has 0 fully saturated rings. The number of nitrogens with one attached hydrogen (secondary N) is 1. The molecule has 1 unspecified atom stereocenters. The first-order valence-electron chi connectivity index (χ1n) is 9.61. The van der Waals surface area contributed by atoms with Crippen LogP contribution in [0.3, 0.4) is 0 Å². The van der Waals surface area contributed by atoms with Gasteiger partial charge < -0.3 is 14.5 Å². The highest BCUT2D eigenvalue weighted by Crippen LogP contribution is 2.34. The Morgan fingerprint density at radius 1 is 1.16 bits per heavy atom. The predicted octanol–water partition coefficient (Wildman–Crippen LogP) is 6.02. The summed E-state index contributed by atoms with van der Waals surface area (Å²) in [6.07, 6.45) is 1.14. The van der Waals surface area contributed by atoms with Gasteiger partial charge in [-0.15, -0.1) is 0 Å². The minimum Gasteiger partial charge on any atom is -0.457 e. The van der Waals surface area contributed by atoms with Gasteiger partial charge in [-0.05, 0) is 61.4 Å². The van der Waals surface area contributed by atoms with Gasteiger partial charge in [0, 0.05) is 11.8 Å². The van der Waals surface area contributed by atoms with Crippen molar-refractivity contribution in [3.05, 3.63) is 83.2 Å². The first-order valence-corrected chi connectivity index (χ1v) is 9.61. The van der Waals surface area contributed by atoms with E-state index >= 15 is 0 Å². The molecular weight excluding hydrogens is 399 g/mol. The Labute approximate surface area is 177 Å². The number of aryl methyl sites for hydroxylation is 1. The van der Waals surface area contributed by atoms with Gasteiger partial charge in [0.25, 0.3) is 5.91 Å². The lowest BCUT2D eigenvalue weighted by molar-refractivity contribution is 0.102. The van der Waals surface area contributed by atoms with Gasteiger partial charge in [-0.3, -0.25) is 9.59 Å². The number of alkyl halides is 1. The quantitative estimate of drug-likeness (QED) is 0.387. The SMILES string of the molecule is Cc1ccc(NC(=O)c2cc(Oc3ccc(C(C)F)cc3)c3cc(C=O)oc3c2)nc1. The van der Waals surface area contributed by atoms with Crippen LogP contribution in [0.15, 0.2) is 65.2 Å². The summed E-state index contributed by atoms with van der Waals surface area (Å²) >= 11 is 0. The van der Waals surface area contributed by atoms with E-state index in [9.17, 15) is 14.0 Å². The highest BCUT2D eigenvalue weighted by atomic mass is 19.1. The molecule has 0 aliphatic heterocycles. The monoisotopic (exact) mass is 418 g/mol. The fraction of sp³-hybridized carbons (Fsp3) is 0.125. The molecule has 0 spiro atoms. The van der Waals surface area contributed by atoms with Crippen LogP contribution < -0.4 is 10.1 Å². The van der Waals surface area contributed by atoms with Crippen molar-refractivity contribution in [2.24, 2.45) is 0 Å². The lowest BCUT2D eigenvalue weighted by Crippen LogP contribution is -2.13. The summed E-state index contributed by atoms with van der Waals surface area (Å²) < 4.78 is 24.9. The minimum atomic E-state index is -1.09. The Morgan fingerprint density at radius 3 is 2.58 bits per heavy atom. The third-order valence-corrected chi connectivity index (χ3v) is 4.72. The van der Waals surface area contributed by atoms with Crippen molar-refractivity contribution in [3.8, 4) is 11.5 Å². The number of furan rings is 1. The average Bonchev–Trinajstić information content (AvgIpc) is 3.19. The first-order chi connectivity index (χ1) is 14.9. The summed E-state index contributed by atoms with van der Waals surface area (Å²) in [5.74, 6) is 0.893. The van der Waals surface area contributed by atoms with Gasteiger partial charge in [-0.1, -0.05) is 18.2 Å². The van der Waals surface area contributed by atoms with Crippen LogP contribution in [0.4, 0.5) is 10.2 Å². The number of benzene rings is 2. The van der Waals surface area contributed by atoms with Crippen LogP contribution >= 0.6 is 0 Å². The minimum absolute atomic E-state index is 0.110. The number of fused-ring (bicyclic) bond motifs is 1. The lowest BCUT2D eigenvalue weighted by Gasteiger charge is -2.10. The second kappa shape index (κ2) is 8.39. The second-order valence-corrected chi connectivity index (χ2v) is 7.11. The van der Waals surface area contributed by atoms with E-state index < -0.39 is 12.1 Å². The first kappa shape index (κ1) is 20.3. The topological polar surface area (TPSA) is 81.4 Å². The van der Waals surface area contributed by atoms with Crippen LogP contribution in [0.5, 0.6) is 11.5 Å². The number of halogens is 1. The molecule has 0 bridgehead atoms. The number of carbonyl (C=O) groups is 2. The highest BCUT2D eigenvalue weighted by molar-refractivity contribution is 6.07. The largest absolute Gasteiger partial charge is 0.457 e. The van der Waals surface area contributed by atoms with Crippen molar-refractivity contribution in [1.29, 1.82) is 0 Å². The van der Waals surface area contributed by atoms with E-state index in [1.54, 1.807) is 48.7 Å². The standard InChI is InChI=1S/C24H19FN2O4/c1-14-3-8-23(26-12-14)27-24(29)17-9-21(20-11-19(13-28)31-22(20)10-17)30-18-6-4-16(5-7-18)15(2)25/h3-13,15H,1-2H3,(H,26,27,29).